The minimum absolute atomic E-state index is 0.247. The summed E-state index contributed by atoms with van der Waals surface area (Å²) in [5.74, 6) is 2.93. The fraction of sp³-hybridized carbons (Fsp3) is 0.556. The van der Waals surface area contributed by atoms with Crippen LogP contribution in [0.3, 0.4) is 0 Å². The molecule has 3 rings (SSSR count). The number of aromatic nitrogens is 1. The van der Waals surface area contributed by atoms with E-state index in [4.69, 9.17) is 6.42 Å². The van der Waals surface area contributed by atoms with Crippen molar-refractivity contribution in [1.82, 2.24) is 9.88 Å². The molecular formula is C18H20BrN3. The lowest BCUT2D eigenvalue weighted by Crippen LogP contribution is -2.57. The molecule has 0 spiro atoms. The van der Waals surface area contributed by atoms with Gasteiger partial charge in [-0.25, -0.2) is 0 Å². The Kier molecular flexibility index (Phi) is 3.79. The minimum atomic E-state index is -0.441. The molecule has 2 fully saturated rings. The number of hydrogen-bond donors (Lipinski definition) is 0. The topological polar surface area (TPSA) is 39.9 Å². The lowest BCUT2D eigenvalue weighted by Gasteiger charge is -2.48. The standard InChI is InChI=1S/C18H20BrN3/c1-4-17(2,3)22-15-5-6-16(22)9-18(8-15,12-20)13-7-14(19)11-21-10-13/h1,7,10-11,15-16H,5-6,8-9H2,2-3H3. The van der Waals surface area contributed by atoms with Crippen LogP contribution in [0.2, 0.25) is 0 Å². The Balaban J connectivity index is 1.97. The Morgan fingerprint density at radius 3 is 2.50 bits per heavy atom. The second-order valence-electron chi connectivity index (χ2n) is 6.99. The van der Waals surface area contributed by atoms with E-state index in [0.717, 1.165) is 35.7 Å². The molecule has 2 unspecified atom stereocenters. The van der Waals surface area contributed by atoms with Crippen LogP contribution < -0.4 is 0 Å². The molecule has 0 N–H and O–H groups in total. The summed E-state index contributed by atoms with van der Waals surface area (Å²) < 4.78 is 0.929. The lowest BCUT2D eigenvalue weighted by molar-refractivity contribution is 0.0429. The van der Waals surface area contributed by atoms with E-state index in [1.807, 2.05) is 12.3 Å². The van der Waals surface area contributed by atoms with Crippen molar-refractivity contribution >= 4 is 15.9 Å². The monoisotopic (exact) mass is 357 g/mol. The van der Waals surface area contributed by atoms with Gasteiger partial charge in [0.15, 0.2) is 0 Å². The van der Waals surface area contributed by atoms with Crippen LogP contribution in [0.25, 0.3) is 0 Å². The molecule has 0 aromatic carbocycles. The van der Waals surface area contributed by atoms with Crippen LogP contribution in [-0.4, -0.2) is 27.5 Å². The zero-order valence-corrected chi connectivity index (χ0v) is 14.6. The molecule has 2 atom stereocenters. The molecule has 0 aliphatic carbocycles. The predicted molar refractivity (Wildman–Crippen MR) is 90.0 cm³/mol. The van der Waals surface area contributed by atoms with Crippen LogP contribution in [0.1, 0.15) is 45.1 Å². The van der Waals surface area contributed by atoms with Crippen molar-refractivity contribution in [2.75, 3.05) is 0 Å². The smallest absolute Gasteiger partial charge is 0.0867 e. The fourth-order valence-corrected chi connectivity index (χ4v) is 4.67. The van der Waals surface area contributed by atoms with E-state index in [2.05, 4.69) is 51.7 Å². The van der Waals surface area contributed by atoms with Crippen molar-refractivity contribution in [3.05, 3.63) is 28.5 Å². The number of nitrogens with zero attached hydrogens (tertiary/aromatic N) is 3. The highest BCUT2D eigenvalue weighted by molar-refractivity contribution is 9.10. The summed E-state index contributed by atoms with van der Waals surface area (Å²) in [5.41, 5.74) is 0.340. The SMILES string of the molecule is C#CC(C)(C)N1C2CCC1CC(C#N)(c1cncc(Br)c1)C2. The van der Waals surface area contributed by atoms with Crippen LogP contribution in [0.5, 0.6) is 0 Å². The summed E-state index contributed by atoms with van der Waals surface area (Å²) in [4.78, 5) is 6.73. The summed E-state index contributed by atoms with van der Waals surface area (Å²) in [6.07, 6.45) is 13.3. The van der Waals surface area contributed by atoms with Gasteiger partial charge in [-0.05, 0) is 67.1 Å². The number of nitriles is 1. The maximum Gasteiger partial charge on any atom is 0.0867 e. The van der Waals surface area contributed by atoms with Gasteiger partial charge in [0.05, 0.1) is 17.0 Å². The Morgan fingerprint density at radius 1 is 1.36 bits per heavy atom. The molecule has 3 heterocycles. The molecule has 22 heavy (non-hydrogen) atoms. The zero-order valence-electron chi connectivity index (χ0n) is 13.0. The Hall–Kier alpha value is -1.36. The van der Waals surface area contributed by atoms with E-state index in [0.29, 0.717) is 12.1 Å². The molecule has 2 aliphatic rings. The number of hydrogen-bond acceptors (Lipinski definition) is 3. The number of fused-ring (bicyclic) bond motifs is 2. The third-order valence-electron chi connectivity index (χ3n) is 5.26. The predicted octanol–water partition coefficient (Wildman–Crippen LogP) is 3.64. The van der Waals surface area contributed by atoms with Gasteiger partial charge in [0.1, 0.15) is 0 Å². The third-order valence-corrected chi connectivity index (χ3v) is 5.69. The van der Waals surface area contributed by atoms with Gasteiger partial charge >= 0.3 is 0 Å². The number of terminal acetylenes is 1. The zero-order chi connectivity index (χ0) is 16.0. The quantitative estimate of drug-likeness (QED) is 0.758. The van der Waals surface area contributed by atoms with Gasteiger partial charge in [-0.2, -0.15) is 5.26 Å². The second-order valence-corrected chi connectivity index (χ2v) is 7.91. The normalized spacial score (nSPS) is 31.5. The van der Waals surface area contributed by atoms with E-state index in [9.17, 15) is 5.26 Å². The maximum absolute atomic E-state index is 9.94. The van der Waals surface area contributed by atoms with E-state index < -0.39 is 5.41 Å². The Morgan fingerprint density at radius 2 is 2.00 bits per heavy atom. The highest BCUT2D eigenvalue weighted by atomic mass is 79.9. The highest BCUT2D eigenvalue weighted by Crippen LogP contribution is 2.49. The first-order valence-electron chi connectivity index (χ1n) is 7.70. The number of pyridine rings is 1. The van der Waals surface area contributed by atoms with Crippen molar-refractivity contribution in [3.63, 3.8) is 0 Å². The van der Waals surface area contributed by atoms with Crippen LogP contribution in [0.15, 0.2) is 22.9 Å². The molecule has 1 aromatic rings. The van der Waals surface area contributed by atoms with Crippen molar-refractivity contribution in [2.45, 2.75) is 62.6 Å². The van der Waals surface area contributed by atoms with Crippen LogP contribution in [0.4, 0.5) is 0 Å². The number of rotatable bonds is 2. The average molecular weight is 358 g/mol. The minimum Gasteiger partial charge on any atom is -0.282 e. The van der Waals surface area contributed by atoms with Gasteiger partial charge in [0.25, 0.3) is 0 Å². The van der Waals surface area contributed by atoms with Gasteiger partial charge in [0.2, 0.25) is 0 Å². The summed E-state index contributed by atoms with van der Waals surface area (Å²) in [6, 6.07) is 5.41. The van der Waals surface area contributed by atoms with E-state index in [1.54, 1.807) is 6.20 Å². The number of halogens is 1. The summed E-state index contributed by atoms with van der Waals surface area (Å²) in [7, 11) is 0. The average Bonchev–Trinajstić information content (AvgIpc) is 2.80. The van der Waals surface area contributed by atoms with Crippen molar-refractivity contribution in [1.29, 1.82) is 5.26 Å². The van der Waals surface area contributed by atoms with E-state index >= 15 is 0 Å². The number of piperidine rings is 1. The Labute approximate surface area is 140 Å². The van der Waals surface area contributed by atoms with Gasteiger partial charge in [-0.1, -0.05) is 5.92 Å². The molecule has 2 bridgehead atoms. The summed E-state index contributed by atoms with van der Waals surface area (Å²) >= 11 is 3.47. The van der Waals surface area contributed by atoms with E-state index in [1.165, 1.54) is 0 Å². The highest BCUT2D eigenvalue weighted by Gasteiger charge is 2.53. The third kappa shape index (κ3) is 2.35. The largest absolute Gasteiger partial charge is 0.282 e. The van der Waals surface area contributed by atoms with Crippen LogP contribution >= 0.6 is 15.9 Å². The first-order chi connectivity index (χ1) is 10.4. The van der Waals surface area contributed by atoms with E-state index in [-0.39, 0.29) is 5.54 Å². The molecule has 0 radical (unpaired) electrons. The van der Waals surface area contributed by atoms with Crippen molar-refractivity contribution < 1.29 is 0 Å². The molecule has 0 amide bonds. The first-order valence-corrected chi connectivity index (χ1v) is 8.50. The molecular weight excluding hydrogens is 338 g/mol. The molecule has 3 nitrogen and oxygen atoms in total. The van der Waals surface area contributed by atoms with Crippen molar-refractivity contribution in [2.24, 2.45) is 0 Å². The van der Waals surface area contributed by atoms with Gasteiger partial charge in [-0.3, -0.25) is 9.88 Å². The van der Waals surface area contributed by atoms with Crippen molar-refractivity contribution in [3.8, 4) is 18.4 Å². The summed E-state index contributed by atoms with van der Waals surface area (Å²) in [6.45, 7) is 4.22. The molecule has 114 valence electrons. The second kappa shape index (κ2) is 5.37. The fourth-order valence-electron chi connectivity index (χ4n) is 4.30. The lowest BCUT2D eigenvalue weighted by atomic mass is 9.70. The van der Waals surface area contributed by atoms with Gasteiger partial charge < -0.3 is 0 Å². The Bertz CT molecular complexity index is 654. The maximum atomic E-state index is 9.94. The summed E-state index contributed by atoms with van der Waals surface area (Å²) in [5, 5.41) is 9.94. The molecule has 4 heteroatoms. The first kappa shape index (κ1) is 15.5. The van der Waals surface area contributed by atoms with Crippen LogP contribution in [0, 0.1) is 23.7 Å². The van der Waals surface area contributed by atoms with Gasteiger partial charge in [-0.15, -0.1) is 6.42 Å². The molecule has 2 saturated heterocycles. The van der Waals surface area contributed by atoms with Crippen LogP contribution in [-0.2, 0) is 5.41 Å². The van der Waals surface area contributed by atoms with Gasteiger partial charge in [0, 0.05) is 29.0 Å². The molecule has 1 aromatic heterocycles. The molecule has 2 aliphatic heterocycles. The molecule has 0 saturated carbocycles.